The second kappa shape index (κ2) is 5.65. The largest absolute Gasteiger partial charge is 0.340 e. The van der Waals surface area contributed by atoms with Crippen LogP contribution in [-0.2, 0) is 6.54 Å². The van der Waals surface area contributed by atoms with Crippen molar-refractivity contribution in [2.45, 2.75) is 6.54 Å². The van der Waals surface area contributed by atoms with Gasteiger partial charge in [-0.25, -0.2) is 4.39 Å². The van der Waals surface area contributed by atoms with Crippen LogP contribution in [0.25, 0.3) is 0 Å². The zero-order chi connectivity index (χ0) is 15.6. The average molecular weight is 303 g/mol. The lowest BCUT2D eigenvalue weighted by molar-refractivity contribution is 0.624. The molecule has 0 fully saturated rings. The van der Waals surface area contributed by atoms with E-state index in [1.165, 1.54) is 6.07 Å². The Kier molecular flexibility index (Phi) is 3.35. The lowest BCUT2D eigenvalue weighted by atomic mass is 10.1. The first-order valence-corrected chi connectivity index (χ1v) is 7.43. The van der Waals surface area contributed by atoms with Crippen molar-refractivity contribution in [3.05, 3.63) is 95.6 Å². The predicted octanol–water partition coefficient (Wildman–Crippen LogP) is 3.88. The fourth-order valence-electron chi connectivity index (χ4n) is 2.76. The van der Waals surface area contributed by atoms with Gasteiger partial charge in [-0.1, -0.05) is 48.5 Å². The molecule has 0 spiro atoms. The van der Waals surface area contributed by atoms with Crippen LogP contribution < -0.4 is 0 Å². The molecular weight excluding hydrogens is 289 g/mol. The number of rotatable bonds is 2. The smallest absolute Gasteiger partial charge is 0.132 e. The molecule has 0 radical (unpaired) electrons. The minimum Gasteiger partial charge on any atom is -0.340 e. The Balaban J connectivity index is 1.87. The number of benzene rings is 2. The molecule has 2 aromatic carbocycles. The third-order valence-corrected chi connectivity index (χ3v) is 3.89. The number of hydrogen-bond acceptors (Lipinski definition) is 2. The summed E-state index contributed by atoms with van der Waals surface area (Å²) in [6.07, 6.45) is 1.97. The van der Waals surface area contributed by atoms with Crippen LogP contribution in [0.1, 0.15) is 16.8 Å². The first kappa shape index (κ1) is 13.6. The molecule has 1 aliphatic heterocycles. The van der Waals surface area contributed by atoms with Gasteiger partial charge >= 0.3 is 0 Å². The van der Waals surface area contributed by atoms with Crippen LogP contribution in [0.3, 0.4) is 0 Å². The quantitative estimate of drug-likeness (QED) is 0.687. The highest BCUT2D eigenvalue weighted by atomic mass is 19.1. The van der Waals surface area contributed by atoms with Crippen molar-refractivity contribution >= 4 is 11.4 Å². The molecule has 0 unspecified atom stereocenters. The summed E-state index contributed by atoms with van der Waals surface area (Å²) in [5.41, 5.74) is 3.87. The van der Waals surface area contributed by atoms with Gasteiger partial charge in [0.15, 0.2) is 0 Å². The van der Waals surface area contributed by atoms with Gasteiger partial charge in [0, 0.05) is 17.3 Å². The molecule has 112 valence electrons. The van der Waals surface area contributed by atoms with Gasteiger partial charge in [-0.3, -0.25) is 0 Å². The maximum atomic E-state index is 14.1. The maximum Gasteiger partial charge on any atom is 0.132 e. The van der Waals surface area contributed by atoms with E-state index in [9.17, 15) is 4.39 Å². The standard InChI is InChI=1S/C19H14FN3/c20-16-10-5-4-9-15(16)17-13-23-12-6-11-18(23)19(22-21-17)14-7-2-1-3-8-14/h1-12H,13H2. The summed E-state index contributed by atoms with van der Waals surface area (Å²) in [7, 11) is 0. The molecule has 0 saturated carbocycles. The Morgan fingerprint density at radius 1 is 0.826 bits per heavy atom. The van der Waals surface area contributed by atoms with E-state index in [1.54, 1.807) is 12.1 Å². The monoisotopic (exact) mass is 303 g/mol. The van der Waals surface area contributed by atoms with Crippen LogP contribution in [0.2, 0.25) is 0 Å². The van der Waals surface area contributed by atoms with Gasteiger partial charge in [-0.15, -0.1) is 5.10 Å². The van der Waals surface area contributed by atoms with E-state index in [0.717, 1.165) is 17.0 Å². The molecule has 0 amide bonds. The van der Waals surface area contributed by atoms with E-state index >= 15 is 0 Å². The normalized spacial score (nSPS) is 13.8. The zero-order valence-corrected chi connectivity index (χ0v) is 12.4. The zero-order valence-electron chi connectivity index (χ0n) is 12.4. The Morgan fingerprint density at radius 3 is 2.43 bits per heavy atom. The predicted molar refractivity (Wildman–Crippen MR) is 89.5 cm³/mol. The summed E-state index contributed by atoms with van der Waals surface area (Å²) in [6, 6.07) is 20.5. The lowest BCUT2D eigenvalue weighted by Crippen LogP contribution is -2.14. The van der Waals surface area contributed by atoms with E-state index in [4.69, 9.17) is 0 Å². The molecule has 0 aliphatic carbocycles. The van der Waals surface area contributed by atoms with Crippen molar-refractivity contribution < 1.29 is 4.39 Å². The Morgan fingerprint density at radius 2 is 1.61 bits per heavy atom. The fourth-order valence-corrected chi connectivity index (χ4v) is 2.76. The van der Waals surface area contributed by atoms with Crippen molar-refractivity contribution in [3.63, 3.8) is 0 Å². The maximum absolute atomic E-state index is 14.1. The number of halogens is 1. The van der Waals surface area contributed by atoms with Crippen LogP contribution in [-0.4, -0.2) is 16.0 Å². The van der Waals surface area contributed by atoms with E-state index in [1.807, 2.05) is 59.3 Å². The first-order chi connectivity index (χ1) is 11.3. The molecule has 0 bridgehead atoms. The lowest BCUT2D eigenvalue weighted by Gasteiger charge is -2.09. The van der Waals surface area contributed by atoms with Crippen molar-refractivity contribution in [3.8, 4) is 0 Å². The Hall–Kier alpha value is -3.01. The van der Waals surface area contributed by atoms with Crippen molar-refractivity contribution in [2.24, 2.45) is 10.2 Å². The molecule has 0 N–H and O–H groups in total. The summed E-state index contributed by atoms with van der Waals surface area (Å²) in [5.74, 6) is -0.279. The third-order valence-electron chi connectivity index (χ3n) is 3.89. The summed E-state index contributed by atoms with van der Waals surface area (Å²) in [6.45, 7) is 0.489. The molecule has 4 heteroatoms. The number of nitrogens with zero attached hydrogens (tertiary/aromatic N) is 3. The molecule has 3 aromatic rings. The van der Waals surface area contributed by atoms with E-state index < -0.39 is 0 Å². The Labute approximate surface area is 133 Å². The average Bonchev–Trinajstić information content (AvgIpc) is 2.96. The van der Waals surface area contributed by atoms with E-state index in [-0.39, 0.29) is 5.82 Å². The molecule has 0 atom stereocenters. The molecule has 1 aromatic heterocycles. The van der Waals surface area contributed by atoms with Crippen LogP contribution >= 0.6 is 0 Å². The molecule has 23 heavy (non-hydrogen) atoms. The van der Waals surface area contributed by atoms with Gasteiger partial charge in [-0.2, -0.15) is 5.10 Å². The molecular formula is C19H14FN3. The molecule has 1 aliphatic rings. The van der Waals surface area contributed by atoms with E-state index in [0.29, 0.717) is 17.8 Å². The van der Waals surface area contributed by atoms with Gasteiger partial charge in [0.05, 0.1) is 18.0 Å². The highest BCUT2D eigenvalue weighted by Gasteiger charge is 2.18. The van der Waals surface area contributed by atoms with E-state index in [2.05, 4.69) is 10.2 Å². The van der Waals surface area contributed by atoms with Crippen LogP contribution in [0, 0.1) is 5.82 Å². The number of hydrogen-bond donors (Lipinski definition) is 0. The van der Waals surface area contributed by atoms with Gasteiger partial charge < -0.3 is 4.57 Å². The molecule has 2 heterocycles. The number of fused-ring (bicyclic) bond motifs is 1. The Bertz CT molecular complexity index is 907. The van der Waals surface area contributed by atoms with Crippen molar-refractivity contribution in [1.29, 1.82) is 0 Å². The van der Waals surface area contributed by atoms with Gasteiger partial charge in [-0.05, 0) is 18.2 Å². The second-order valence-corrected chi connectivity index (χ2v) is 5.36. The second-order valence-electron chi connectivity index (χ2n) is 5.36. The first-order valence-electron chi connectivity index (χ1n) is 7.43. The molecule has 3 nitrogen and oxygen atoms in total. The minimum atomic E-state index is -0.279. The summed E-state index contributed by atoms with van der Waals surface area (Å²) < 4.78 is 16.1. The third kappa shape index (κ3) is 2.48. The molecule has 4 rings (SSSR count). The topological polar surface area (TPSA) is 29.6 Å². The van der Waals surface area contributed by atoms with Crippen LogP contribution in [0.4, 0.5) is 4.39 Å². The van der Waals surface area contributed by atoms with Crippen molar-refractivity contribution in [2.75, 3.05) is 0 Å². The summed E-state index contributed by atoms with van der Waals surface area (Å²) in [5, 5.41) is 8.77. The van der Waals surface area contributed by atoms with Gasteiger partial charge in [0.2, 0.25) is 0 Å². The SMILES string of the molecule is Fc1ccccc1C1=NN=C(c2ccccc2)c2cccn2C1. The minimum absolute atomic E-state index is 0.279. The molecule has 0 saturated heterocycles. The van der Waals surface area contributed by atoms with Crippen LogP contribution in [0.15, 0.2) is 83.1 Å². The van der Waals surface area contributed by atoms with Crippen molar-refractivity contribution in [1.82, 2.24) is 4.57 Å². The van der Waals surface area contributed by atoms with Gasteiger partial charge in [0.25, 0.3) is 0 Å². The summed E-state index contributed by atoms with van der Waals surface area (Å²) in [4.78, 5) is 0. The highest BCUT2D eigenvalue weighted by Crippen LogP contribution is 2.18. The number of aromatic nitrogens is 1. The fraction of sp³-hybridized carbons (Fsp3) is 0.0526. The van der Waals surface area contributed by atoms with Gasteiger partial charge in [0.1, 0.15) is 11.5 Å². The summed E-state index contributed by atoms with van der Waals surface area (Å²) >= 11 is 0. The highest BCUT2D eigenvalue weighted by molar-refractivity contribution is 6.13. The van der Waals surface area contributed by atoms with Crippen LogP contribution in [0.5, 0.6) is 0 Å².